The van der Waals surface area contributed by atoms with Crippen LogP contribution in [0.3, 0.4) is 0 Å². The van der Waals surface area contributed by atoms with Gasteiger partial charge in [-0.15, -0.1) is 0 Å². The van der Waals surface area contributed by atoms with Crippen LogP contribution in [0.5, 0.6) is 0 Å². The van der Waals surface area contributed by atoms with Gasteiger partial charge in [-0.25, -0.2) is 0 Å². The molecule has 0 aliphatic rings. The second kappa shape index (κ2) is 7.22. The molecule has 0 aromatic heterocycles. The Morgan fingerprint density at radius 3 is 2.82 bits per heavy atom. The molecule has 2 N–H and O–H groups in total. The largest absolute Gasteiger partial charge is 0.387 e. The molecule has 17 heavy (non-hydrogen) atoms. The number of hydrogen-bond donors (Lipinski definition) is 2. The quantitative estimate of drug-likeness (QED) is 0.764. The number of carbonyl (C=O) groups excluding carboxylic acids is 1. The lowest BCUT2D eigenvalue weighted by Gasteiger charge is -2.10. The molecule has 0 spiro atoms. The van der Waals surface area contributed by atoms with Crippen LogP contribution in [0, 0.1) is 6.92 Å². The van der Waals surface area contributed by atoms with Gasteiger partial charge >= 0.3 is 0 Å². The highest BCUT2D eigenvalue weighted by atomic mass is 32.2. The maximum absolute atomic E-state index is 12.0. The minimum absolute atomic E-state index is 0.000784. The Morgan fingerprint density at radius 2 is 2.18 bits per heavy atom. The second-order valence-electron chi connectivity index (χ2n) is 3.90. The highest BCUT2D eigenvalue weighted by Crippen LogP contribution is 2.16. The first kappa shape index (κ1) is 13.9. The minimum atomic E-state index is -0.000784. The lowest BCUT2D eigenvalue weighted by atomic mass is 10.1. The molecule has 0 unspecified atom stereocenters. The molecule has 0 saturated carbocycles. The van der Waals surface area contributed by atoms with Gasteiger partial charge < -0.3 is 10.6 Å². The van der Waals surface area contributed by atoms with E-state index >= 15 is 0 Å². The van der Waals surface area contributed by atoms with Crippen molar-refractivity contribution in [3.63, 3.8) is 0 Å². The first-order chi connectivity index (χ1) is 8.19. The molecule has 94 valence electrons. The van der Waals surface area contributed by atoms with E-state index < -0.39 is 0 Å². The van der Waals surface area contributed by atoms with Crippen LogP contribution in [0.1, 0.15) is 22.3 Å². The van der Waals surface area contributed by atoms with E-state index in [1.54, 1.807) is 11.8 Å². The third-order valence-corrected chi connectivity index (χ3v) is 3.20. The normalized spacial score (nSPS) is 10.1. The summed E-state index contributed by atoms with van der Waals surface area (Å²) in [4.78, 5) is 12.0. The summed E-state index contributed by atoms with van der Waals surface area (Å²) in [7, 11) is 1.83. The van der Waals surface area contributed by atoms with E-state index in [0.29, 0.717) is 0 Å². The van der Waals surface area contributed by atoms with Crippen LogP contribution in [0.15, 0.2) is 18.2 Å². The third kappa shape index (κ3) is 4.30. The van der Waals surface area contributed by atoms with Gasteiger partial charge in [0.25, 0.3) is 5.91 Å². The molecule has 0 radical (unpaired) electrons. The molecule has 0 saturated heterocycles. The van der Waals surface area contributed by atoms with Crippen molar-refractivity contribution in [3.05, 3.63) is 29.3 Å². The van der Waals surface area contributed by atoms with Crippen LogP contribution in [0.25, 0.3) is 0 Å². The van der Waals surface area contributed by atoms with E-state index in [4.69, 9.17) is 0 Å². The summed E-state index contributed by atoms with van der Waals surface area (Å²) in [5.41, 5.74) is 2.69. The number of hydrogen-bond acceptors (Lipinski definition) is 3. The Labute approximate surface area is 107 Å². The number of amides is 1. The van der Waals surface area contributed by atoms with E-state index in [1.165, 1.54) is 0 Å². The van der Waals surface area contributed by atoms with Gasteiger partial charge in [-0.1, -0.05) is 11.6 Å². The molecule has 1 aromatic rings. The van der Waals surface area contributed by atoms with Crippen LogP contribution in [0.4, 0.5) is 5.69 Å². The minimum Gasteiger partial charge on any atom is -0.387 e. The van der Waals surface area contributed by atoms with Gasteiger partial charge in [0.05, 0.1) is 5.56 Å². The van der Waals surface area contributed by atoms with Crippen LogP contribution < -0.4 is 10.6 Å². The topological polar surface area (TPSA) is 41.1 Å². The number of carbonyl (C=O) groups is 1. The smallest absolute Gasteiger partial charge is 0.253 e. The van der Waals surface area contributed by atoms with Crippen molar-refractivity contribution in [1.82, 2.24) is 5.32 Å². The standard InChI is InChI=1S/C13H20N2OS/c1-10-5-6-12(14-2)11(9-10)13(16)15-7-4-8-17-3/h5-6,9,14H,4,7-8H2,1-3H3,(H,15,16). The molecule has 1 rings (SSSR count). The summed E-state index contributed by atoms with van der Waals surface area (Å²) in [6, 6.07) is 5.85. The summed E-state index contributed by atoms with van der Waals surface area (Å²) in [6.45, 7) is 2.72. The average molecular weight is 252 g/mol. The summed E-state index contributed by atoms with van der Waals surface area (Å²) in [6.07, 6.45) is 3.08. The Morgan fingerprint density at radius 1 is 1.41 bits per heavy atom. The van der Waals surface area contributed by atoms with Gasteiger partial charge in [-0.3, -0.25) is 4.79 Å². The fraction of sp³-hybridized carbons (Fsp3) is 0.462. The monoisotopic (exact) mass is 252 g/mol. The van der Waals surface area contributed by atoms with Gasteiger partial charge in [0.2, 0.25) is 0 Å². The number of anilines is 1. The number of rotatable bonds is 6. The molecule has 0 fully saturated rings. The first-order valence-corrected chi connectivity index (χ1v) is 7.14. The number of thioether (sulfide) groups is 1. The first-order valence-electron chi connectivity index (χ1n) is 5.74. The van der Waals surface area contributed by atoms with Crippen LogP contribution in [-0.2, 0) is 0 Å². The summed E-state index contributed by atoms with van der Waals surface area (Å²) in [5, 5.41) is 5.98. The van der Waals surface area contributed by atoms with Crippen LogP contribution in [-0.4, -0.2) is 31.5 Å². The molecule has 0 bridgehead atoms. The summed E-state index contributed by atoms with van der Waals surface area (Å²) >= 11 is 1.80. The maximum Gasteiger partial charge on any atom is 0.253 e. The SMILES string of the molecule is CNc1ccc(C)cc1C(=O)NCCCSC. The average Bonchev–Trinajstić information content (AvgIpc) is 2.34. The Balaban J connectivity index is 2.64. The summed E-state index contributed by atoms with van der Waals surface area (Å²) < 4.78 is 0. The molecule has 0 aliphatic carbocycles. The molecule has 0 aliphatic heterocycles. The molecule has 1 amide bonds. The Bertz CT molecular complexity index is 380. The zero-order chi connectivity index (χ0) is 12.7. The lowest BCUT2D eigenvalue weighted by molar-refractivity contribution is 0.0954. The molecule has 1 aromatic carbocycles. The highest BCUT2D eigenvalue weighted by Gasteiger charge is 2.09. The number of nitrogens with one attached hydrogen (secondary N) is 2. The fourth-order valence-electron chi connectivity index (χ4n) is 1.58. The van der Waals surface area contributed by atoms with Gasteiger partial charge in [-0.2, -0.15) is 11.8 Å². The molecule has 0 heterocycles. The number of aryl methyl sites for hydroxylation is 1. The number of benzene rings is 1. The Kier molecular flexibility index (Phi) is 5.91. The zero-order valence-corrected chi connectivity index (χ0v) is 11.5. The molecule has 4 heteroatoms. The van der Waals surface area contributed by atoms with Crippen molar-refractivity contribution in [2.75, 3.05) is 30.9 Å². The molecular formula is C13H20N2OS. The van der Waals surface area contributed by atoms with Crippen molar-refractivity contribution >= 4 is 23.4 Å². The van der Waals surface area contributed by atoms with Crippen molar-refractivity contribution in [2.45, 2.75) is 13.3 Å². The zero-order valence-electron chi connectivity index (χ0n) is 10.7. The van der Waals surface area contributed by atoms with E-state index in [1.807, 2.05) is 32.2 Å². The van der Waals surface area contributed by atoms with E-state index in [2.05, 4.69) is 16.9 Å². The van der Waals surface area contributed by atoms with Crippen molar-refractivity contribution in [3.8, 4) is 0 Å². The third-order valence-electron chi connectivity index (χ3n) is 2.50. The molecular weight excluding hydrogens is 232 g/mol. The molecule has 0 atom stereocenters. The van der Waals surface area contributed by atoms with E-state index in [9.17, 15) is 4.79 Å². The highest BCUT2D eigenvalue weighted by molar-refractivity contribution is 7.98. The van der Waals surface area contributed by atoms with E-state index in [-0.39, 0.29) is 5.91 Å². The maximum atomic E-state index is 12.0. The van der Waals surface area contributed by atoms with Gasteiger partial charge in [0.15, 0.2) is 0 Å². The van der Waals surface area contributed by atoms with Crippen molar-refractivity contribution in [2.24, 2.45) is 0 Å². The van der Waals surface area contributed by atoms with Crippen molar-refractivity contribution in [1.29, 1.82) is 0 Å². The van der Waals surface area contributed by atoms with Crippen LogP contribution in [0.2, 0.25) is 0 Å². The predicted octanol–water partition coefficient (Wildman–Crippen LogP) is 2.52. The Hall–Kier alpha value is -1.16. The van der Waals surface area contributed by atoms with E-state index in [0.717, 1.165) is 35.5 Å². The predicted molar refractivity (Wildman–Crippen MR) is 76.1 cm³/mol. The van der Waals surface area contributed by atoms with Gasteiger partial charge in [-0.05, 0) is 37.5 Å². The fourth-order valence-corrected chi connectivity index (χ4v) is 2.01. The second-order valence-corrected chi connectivity index (χ2v) is 4.89. The molecule has 3 nitrogen and oxygen atoms in total. The van der Waals surface area contributed by atoms with Crippen molar-refractivity contribution < 1.29 is 4.79 Å². The van der Waals surface area contributed by atoms with Gasteiger partial charge in [0, 0.05) is 19.3 Å². The van der Waals surface area contributed by atoms with Crippen LogP contribution >= 0.6 is 11.8 Å². The lowest BCUT2D eigenvalue weighted by Crippen LogP contribution is -2.25. The van der Waals surface area contributed by atoms with Gasteiger partial charge in [0.1, 0.15) is 0 Å². The summed E-state index contributed by atoms with van der Waals surface area (Å²) in [5.74, 6) is 1.08.